The summed E-state index contributed by atoms with van der Waals surface area (Å²) in [6, 6.07) is 4.96. The Bertz CT molecular complexity index is 457. The van der Waals surface area contributed by atoms with E-state index in [4.69, 9.17) is 10.5 Å². The molecule has 1 aliphatic rings. The molecule has 5 heteroatoms. The Kier molecular flexibility index (Phi) is 2.62. The lowest BCUT2D eigenvalue weighted by atomic mass is 9.98. The molecule has 2 rings (SSSR count). The van der Waals surface area contributed by atoms with Crippen LogP contribution in [-0.4, -0.2) is 25.0 Å². The zero-order valence-electron chi connectivity index (χ0n) is 8.82. The summed E-state index contributed by atoms with van der Waals surface area (Å²) >= 11 is 0. The second kappa shape index (κ2) is 3.94. The van der Waals surface area contributed by atoms with Gasteiger partial charge < -0.3 is 15.8 Å². The largest absolute Gasteiger partial charge is 0.371 e. The number of anilines is 1. The normalized spacial score (nSPS) is 18.8. The molecular weight excluding hydrogens is 208 g/mol. The van der Waals surface area contributed by atoms with E-state index in [1.165, 1.54) is 7.11 Å². The molecule has 0 saturated carbocycles. The van der Waals surface area contributed by atoms with E-state index in [2.05, 4.69) is 5.32 Å². The fourth-order valence-electron chi connectivity index (χ4n) is 1.73. The first-order valence-electron chi connectivity index (χ1n) is 4.88. The van der Waals surface area contributed by atoms with Crippen LogP contribution in [0.25, 0.3) is 0 Å². The van der Waals surface area contributed by atoms with Gasteiger partial charge in [0.05, 0.1) is 0 Å². The van der Waals surface area contributed by atoms with Crippen LogP contribution in [0.4, 0.5) is 5.69 Å². The highest BCUT2D eigenvalue weighted by atomic mass is 16.5. The fourth-order valence-corrected chi connectivity index (χ4v) is 1.73. The second-order valence-electron chi connectivity index (χ2n) is 3.65. The number of fused-ring (bicyclic) bond motifs is 1. The zero-order chi connectivity index (χ0) is 11.7. The Labute approximate surface area is 92.6 Å². The number of carbonyl (C=O) groups excluding carboxylic acids is 2. The monoisotopic (exact) mass is 220 g/mol. The van der Waals surface area contributed by atoms with Crippen molar-refractivity contribution in [1.29, 1.82) is 0 Å². The van der Waals surface area contributed by atoms with Gasteiger partial charge in [-0.15, -0.1) is 0 Å². The Morgan fingerprint density at radius 2 is 2.31 bits per heavy atom. The van der Waals surface area contributed by atoms with E-state index in [0.29, 0.717) is 17.7 Å². The van der Waals surface area contributed by atoms with E-state index in [-0.39, 0.29) is 5.91 Å². The molecule has 5 nitrogen and oxygen atoms in total. The van der Waals surface area contributed by atoms with Gasteiger partial charge in [0.1, 0.15) is 6.10 Å². The molecule has 16 heavy (non-hydrogen) atoms. The van der Waals surface area contributed by atoms with Gasteiger partial charge in [0.2, 0.25) is 5.91 Å². The summed E-state index contributed by atoms with van der Waals surface area (Å²) in [4.78, 5) is 22.5. The molecule has 84 valence electrons. The summed E-state index contributed by atoms with van der Waals surface area (Å²) in [7, 11) is 1.48. The molecule has 0 fully saturated rings. The van der Waals surface area contributed by atoms with Gasteiger partial charge in [-0.05, 0) is 23.8 Å². The van der Waals surface area contributed by atoms with Gasteiger partial charge in [-0.1, -0.05) is 0 Å². The SMILES string of the molecule is COC1Cc2cc(C(N)=O)ccc2NC1=O. The van der Waals surface area contributed by atoms with E-state index < -0.39 is 12.0 Å². The Hall–Kier alpha value is -1.88. The van der Waals surface area contributed by atoms with Crippen molar-refractivity contribution in [3.05, 3.63) is 29.3 Å². The molecule has 1 aromatic carbocycles. The van der Waals surface area contributed by atoms with E-state index in [1.54, 1.807) is 18.2 Å². The number of methoxy groups -OCH3 is 1. The smallest absolute Gasteiger partial charge is 0.253 e. The first-order valence-corrected chi connectivity index (χ1v) is 4.88. The number of rotatable bonds is 2. The van der Waals surface area contributed by atoms with Crippen molar-refractivity contribution in [1.82, 2.24) is 0 Å². The van der Waals surface area contributed by atoms with Crippen molar-refractivity contribution >= 4 is 17.5 Å². The number of hydrogen-bond donors (Lipinski definition) is 2. The fraction of sp³-hybridized carbons (Fsp3) is 0.273. The minimum atomic E-state index is -0.504. The first kappa shape index (κ1) is 10.6. The highest BCUT2D eigenvalue weighted by molar-refractivity contribution is 5.99. The van der Waals surface area contributed by atoms with Crippen molar-refractivity contribution in [3.63, 3.8) is 0 Å². The van der Waals surface area contributed by atoms with Crippen LogP contribution in [0.15, 0.2) is 18.2 Å². The van der Waals surface area contributed by atoms with Crippen LogP contribution < -0.4 is 11.1 Å². The number of ether oxygens (including phenoxy) is 1. The Balaban J connectivity index is 2.37. The van der Waals surface area contributed by atoms with Crippen molar-refractivity contribution < 1.29 is 14.3 Å². The quantitative estimate of drug-likeness (QED) is 0.751. The van der Waals surface area contributed by atoms with Crippen LogP contribution in [-0.2, 0) is 16.0 Å². The summed E-state index contributed by atoms with van der Waals surface area (Å²) < 4.78 is 5.03. The molecule has 3 N–H and O–H groups in total. The summed E-state index contributed by atoms with van der Waals surface area (Å²) in [5, 5.41) is 2.71. The van der Waals surface area contributed by atoms with Crippen LogP contribution in [0.2, 0.25) is 0 Å². The number of nitrogens with two attached hydrogens (primary N) is 1. The lowest BCUT2D eigenvalue weighted by Gasteiger charge is -2.23. The van der Waals surface area contributed by atoms with Crippen molar-refractivity contribution in [3.8, 4) is 0 Å². The number of nitrogens with one attached hydrogen (secondary N) is 1. The highest BCUT2D eigenvalue weighted by Gasteiger charge is 2.26. The summed E-state index contributed by atoms with van der Waals surface area (Å²) in [5.41, 5.74) is 7.19. The number of amides is 2. The number of benzene rings is 1. The van der Waals surface area contributed by atoms with Crippen LogP contribution in [0.5, 0.6) is 0 Å². The molecule has 1 atom stereocenters. The molecule has 1 unspecified atom stereocenters. The van der Waals surface area contributed by atoms with E-state index >= 15 is 0 Å². The lowest BCUT2D eigenvalue weighted by Crippen LogP contribution is -2.36. The van der Waals surface area contributed by atoms with Crippen molar-refractivity contribution in [2.24, 2.45) is 5.73 Å². The maximum absolute atomic E-state index is 11.5. The predicted octanol–water partition coefficient (Wildman–Crippen LogP) is 0.295. The molecule has 0 saturated heterocycles. The maximum atomic E-state index is 11.5. The van der Waals surface area contributed by atoms with Gasteiger partial charge in [0, 0.05) is 24.8 Å². The molecule has 0 spiro atoms. The van der Waals surface area contributed by atoms with Gasteiger partial charge >= 0.3 is 0 Å². The maximum Gasteiger partial charge on any atom is 0.253 e. The van der Waals surface area contributed by atoms with Crippen LogP contribution in [0, 0.1) is 0 Å². The van der Waals surface area contributed by atoms with Gasteiger partial charge in [-0.2, -0.15) is 0 Å². The van der Waals surface area contributed by atoms with Crippen LogP contribution >= 0.6 is 0 Å². The zero-order valence-corrected chi connectivity index (χ0v) is 8.82. The second-order valence-corrected chi connectivity index (χ2v) is 3.65. The molecule has 2 amide bonds. The van der Waals surface area contributed by atoms with Gasteiger partial charge in [0.15, 0.2) is 0 Å². The number of hydrogen-bond acceptors (Lipinski definition) is 3. The summed E-state index contributed by atoms with van der Waals surface area (Å²) in [6.45, 7) is 0. The molecule has 0 aromatic heterocycles. The minimum absolute atomic E-state index is 0.165. The molecule has 0 aliphatic carbocycles. The molecule has 1 aromatic rings. The van der Waals surface area contributed by atoms with E-state index in [9.17, 15) is 9.59 Å². The van der Waals surface area contributed by atoms with Crippen molar-refractivity contribution in [2.45, 2.75) is 12.5 Å². The predicted molar refractivity (Wildman–Crippen MR) is 58.1 cm³/mol. The molecule has 1 aliphatic heterocycles. The first-order chi connectivity index (χ1) is 7.61. The minimum Gasteiger partial charge on any atom is -0.371 e. The topological polar surface area (TPSA) is 81.4 Å². The third-order valence-electron chi connectivity index (χ3n) is 2.63. The van der Waals surface area contributed by atoms with Crippen LogP contribution in [0.3, 0.4) is 0 Å². The van der Waals surface area contributed by atoms with E-state index in [1.807, 2.05) is 0 Å². The average molecular weight is 220 g/mol. The van der Waals surface area contributed by atoms with Gasteiger partial charge in [-0.25, -0.2) is 0 Å². The highest BCUT2D eigenvalue weighted by Crippen LogP contribution is 2.24. The molecule has 0 bridgehead atoms. The molecular formula is C11H12N2O3. The van der Waals surface area contributed by atoms with Gasteiger partial charge in [0.25, 0.3) is 5.91 Å². The standard InChI is InChI=1S/C11H12N2O3/c1-16-9-5-7-4-6(10(12)14)2-3-8(7)13-11(9)15/h2-4,9H,5H2,1H3,(H2,12,14)(H,13,15). The van der Waals surface area contributed by atoms with Crippen LogP contribution in [0.1, 0.15) is 15.9 Å². The Morgan fingerprint density at radius 3 is 2.94 bits per heavy atom. The third-order valence-corrected chi connectivity index (χ3v) is 2.63. The Morgan fingerprint density at radius 1 is 1.56 bits per heavy atom. The summed E-state index contributed by atoms with van der Waals surface area (Å²) in [5.74, 6) is -0.643. The average Bonchev–Trinajstić information content (AvgIpc) is 2.27. The third kappa shape index (κ3) is 1.77. The van der Waals surface area contributed by atoms with E-state index in [0.717, 1.165) is 5.56 Å². The van der Waals surface area contributed by atoms with Crippen molar-refractivity contribution in [2.75, 3.05) is 12.4 Å². The molecule has 0 radical (unpaired) electrons. The molecule has 1 heterocycles. The summed E-state index contributed by atoms with van der Waals surface area (Å²) in [6.07, 6.45) is -0.0469. The lowest BCUT2D eigenvalue weighted by molar-refractivity contribution is -0.126. The number of primary amides is 1. The number of carbonyl (C=O) groups is 2. The van der Waals surface area contributed by atoms with Gasteiger partial charge in [-0.3, -0.25) is 9.59 Å².